The van der Waals surface area contributed by atoms with E-state index in [1.54, 1.807) is 7.11 Å². The number of carbonyl (C=O) groups excluding carboxylic acids is 1. The second kappa shape index (κ2) is 9.72. The third kappa shape index (κ3) is 6.14. The summed E-state index contributed by atoms with van der Waals surface area (Å²) in [6.07, 6.45) is 2.07. The van der Waals surface area contributed by atoms with Gasteiger partial charge in [-0.15, -0.1) is 0 Å². The van der Waals surface area contributed by atoms with Gasteiger partial charge in [-0.1, -0.05) is 42.8 Å². The summed E-state index contributed by atoms with van der Waals surface area (Å²) in [6, 6.07) is 14.0. The Labute approximate surface area is 150 Å². The van der Waals surface area contributed by atoms with Crippen molar-refractivity contribution in [1.82, 2.24) is 5.32 Å². The van der Waals surface area contributed by atoms with E-state index in [4.69, 9.17) is 9.47 Å². The fourth-order valence-corrected chi connectivity index (χ4v) is 2.45. The average Bonchev–Trinajstić information content (AvgIpc) is 2.64. The molecule has 0 bridgehead atoms. The monoisotopic (exact) mass is 341 g/mol. The predicted molar refractivity (Wildman–Crippen MR) is 100 cm³/mol. The molecule has 1 N–H and O–H groups in total. The summed E-state index contributed by atoms with van der Waals surface area (Å²) in [5.41, 5.74) is 3.39. The lowest BCUT2D eigenvalue weighted by Gasteiger charge is -2.12. The minimum atomic E-state index is 0.0471. The highest BCUT2D eigenvalue weighted by Crippen LogP contribution is 2.28. The molecule has 0 aromatic heterocycles. The van der Waals surface area contributed by atoms with Crippen molar-refractivity contribution in [2.45, 2.75) is 39.7 Å². The molecular formula is C21H27NO3. The molecule has 134 valence electrons. The molecule has 0 unspecified atom stereocenters. The molecule has 4 heteroatoms. The van der Waals surface area contributed by atoms with E-state index in [1.807, 2.05) is 30.3 Å². The van der Waals surface area contributed by atoms with Crippen LogP contribution in [0.25, 0.3) is 0 Å². The first-order valence-corrected chi connectivity index (χ1v) is 8.74. The van der Waals surface area contributed by atoms with E-state index < -0.39 is 0 Å². The van der Waals surface area contributed by atoms with Gasteiger partial charge in [-0.05, 0) is 43.0 Å². The van der Waals surface area contributed by atoms with Crippen LogP contribution in [-0.2, 0) is 17.8 Å². The van der Waals surface area contributed by atoms with Crippen LogP contribution in [0, 0.1) is 6.92 Å². The molecule has 2 aromatic rings. The Morgan fingerprint density at radius 3 is 2.44 bits per heavy atom. The van der Waals surface area contributed by atoms with Crippen molar-refractivity contribution in [1.29, 1.82) is 0 Å². The third-order valence-corrected chi connectivity index (χ3v) is 3.94. The predicted octanol–water partition coefficient (Wildman–Crippen LogP) is 4.04. The minimum absolute atomic E-state index is 0.0471. The van der Waals surface area contributed by atoms with Gasteiger partial charge in [0.15, 0.2) is 11.5 Å². The highest BCUT2D eigenvalue weighted by Gasteiger charge is 2.08. The quantitative estimate of drug-likeness (QED) is 0.749. The first kappa shape index (κ1) is 18.8. The molecule has 2 aromatic carbocycles. The van der Waals surface area contributed by atoms with Gasteiger partial charge in [0.05, 0.1) is 13.7 Å². The Balaban J connectivity index is 1.83. The van der Waals surface area contributed by atoms with Gasteiger partial charge < -0.3 is 14.8 Å². The first-order chi connectivity index (χ1) is 12.1. The van der Waals surface area contributed by atoms with Gasteiger partial charge in [0, 0.05) is 13.0 Å². The smallest absolute Gasteiger partial charge is 0.220 e. The van der Waals surface area contributed by atoms with Crippen LogP contribution in [0.5, 0.6) is 11.5 Å². The van der Waals surface area contributed by atoms with Crippen LogP contribution in [0.1, 0.15) is 36.5 Å². The van der Waals surface area contributed by atoms with Crippen LogP contribution >= 0.6 is 0 Å². The lowest BCUT2D eigenvalue weighted by atomic mass is 10.1. The van der Waals surface area contributed by atoms with E-state index >= 15 is 0 Å². The highest BCUT2D eigenvalue weighted by molar-refractivity contribution is 5.76. The molecule has 0 fully saturated rings. The number of hydrogen-bond donors (Lipinski definition) is 1. The highest BCUT2D eigenvalue weighted by atomic mass is 16.5. The number of rotatable bonds is 9. The van der Waals surface area contributed by atoms with Crippen LogP contribution < -0.4 is 14.8 Å². The van der Waals surface area contributed by atoms with E-state index in [9.17, 15) is 4.79 Å². The van der Waals surface area contributed by atoms with Crippen LogP contribution in [-0.4, -0.2) is 19.6 Å². The standard InChI is InChI=1S/C21H27NO3/c1-4-13-25-19-11-9-17(14-20(19)24-3)10-12-21(23)22-15-18-7-5-16(2)6-8-18/h5-9,11,14H,4,10,12-13,15H2,1-3H3,(H,22,23). The van der Waals surface area contributed by atoms with Crippen LogP contribution in [0.3, 0.4) is 0 Å². The number of carbonyl (C=O) groups is 1. The summed E-state index contributed by atoms with van der Waals surface area (Å²) in [5.74, 6) is 1.51. The zero-order valence-corrected chi connectivity index (χ0v) is 15.3. The summed E-state index contributed by atoms with van der Waals surface area (Å²) in [4.78, 5) is 12.1. The number of amides is 1. The maximum atomic E-state index is 12.1. The number of ether oxygens (including phenoxy) is 2. The molecule has 25 heavy (non-hydrogen) atoms. The second-order valence-electron chi connectivity index (χ2n) is 6.10. The second-order valence-corrected chi connectivity index (χ2v) is 6.10. The van der Waals surface area contributed by atoms with Crippen molar-refractivity contribution in [2.24, 2.45) is 0 Å². The fraction of sp³-hybridized carbons (Fsp3) is 0.381. The van der Waals surface area contributed by atoms with Gasteiger partial charge in [-0.2, -0.15) is 0 Å². The van der Waals surface area contributed by atoms with Gasteiger partial charge in [-0.25, -0.2) is 0 Å². The lowest BCUT2D eigenvalue weighted by Crippen LogP contribution is -2.22. The van der Waals surface area contributed by atoms with Crippen molar-refractivity contribution >= 4 is 5.91 Å². The Morgan fingerprint density at radius 1 is 1.04 bits per heavy atom. The number of benzene rings is 2. The van der Waals surface area contributed by atoms with Crippen molar-refractivity contribution in [2.75, 3.05) is 13.7 Å². The SMILES string of the molecule is CCCOc1ccc(CCC(=O)NCc2ccc(C)cc2)cc1OC. The molecule has 2 rings (SSSR count). The molecule has 0 spiro atoms. The van der Waals surface area contributed by atoms with Gasteiger partial charge in [0.1, 0.15) is 0 Å². The molecule has 0 aliphatic carbocycles. The van der Waals surface area contributed by atoms with E-state index in [-0.39, 0.29) is 5.91 Å². The Bertz CT molecular complexity index is 680. The summed E-state index contributed by atoms with van der Waals surface area (Å²) in [5, 5.41) is 2.96. The number of methoxy groups -OCH3 is 1. The minimum Gasteiger partial charge on any atom is -0.493 e. The van der Waals surface area contributed by atoms with Crippen molar-refractivity contribution < 1.29 is 14.3 Å². The van der Waals surface area contributed by atoms with E-state index in [1.165, 1.54) is 5.56 Å². The summed E-state index contributed by atoms with van der Waals surface area (Å²) in [6.45, 7) is 5.34. The van der Waals surface area contributed by atoms with Gasteiger partial charge in [-0.3, -0.25) is 4.79 Å². The maximum absolute atomic E-state index is 12.1. The summed E-state index contributed by atoms with van der Waals surface area (Å²) in [7, 11) is 1.63. The zero-order chi connectivity index (χ0) is 18.1. The molecule has 0 saturated carbocycles. The molecule has 0 aliphatic heterocycles. The molecule has 0 saturated heterocycles. The topological polar surface area (TPSA) is 47.6 Å². The molecule has 1 amide bonds. The number of nitrogens with one attached hydrogen (secondary N) is 1. The molecule has 0 heterocycles. The van der Waals surface area contributed by atoms with Crippen molar-refractivity contribution in [3.05, 3.63) is 59.2 Å². The Kier molecular flexibility index (Phi) is 7.33. The summed E-state index contributed by atoms with van der Waals surface area (Å²) >= 11 is 0. The summed E-state index contributed by atoms with van der Waals surface area (Å²) < 4.78 is 11.0. The average molecular weight is 341 g/mol. The van der Waals surface area contributed by atoms with Gasteiger partial charge in [0.25, 0.3) is 0 Å². The van der Waals surface area contributed by atoms with E-state index in [0.29, 0.717) is 31.7 Å². The fourth-order valence-electron chi connectivity index (χ4n) is 2.45. The van der Waals surface area contributed by atoms with Crippen molar-refractivity contribution in [3.8, 4) is 11.5 Å². The Morgan fingerprint density at radius 2 is 1.76 bits per heavy atom. The number of aryl methyl sites for hydroxylation is 2. The number of hydrogen-bond acceptors (Lipinski definition) is 3. The van der Waals surface area contributed by atoms with Crippen molar-refractivity contribution in [3.63, 3.8) is 0 Å². The Hall–Kier alpha value is -2.49. The van der Waals surface area contributed by atoms with E-state index in [2.05, 4.69) is 31.3 Å². The van der Waals surface area contributed by atoms with E-state index in [0.717, 1.165) is 23.3 Å². The third-order valence-electron chi connectivity index (χ3n) is 3.94. The van der Waals surface area contributed by atoms with Gasteiger partial charge in [0.2, 0.25) is 5.91 Å². The van der Waals surface area contributed by atoms with Crippen LogP contribution in [0.4, 0.5) is 0 Å². The normalized spacial score (nSPS) is 10.4. The first-order valence-electron chi connectivity index (χ1n) is 8.74. The molecule has 0 atom stereocenters. The largest absolute Gasteiger partial charge is 0.493 e. The molecule has 0 radical (unpaired) electrons. The molecule has 4 nitrogen and oxygen atoms in total. The zero-order valence-electron chi connectivity index (χ0n) is 15.3. The lowest BCUT2D eigenvalue weighted by molar-refractivity contribution is -0.121. The molecular weight excluding hydrogens is 314 g/mol. The maximum Gasteiger partial charge on any atom is 0.220 e. The molecule has 0 aliphatic rings. The van der Waals surface area contributed by atoms with Crippen LogP contribution in [0.2, 0.25) is 0 Å². The van der Waals surface area contributed by atoms with Crippen LogP contribution in [0.15, 0.2) is 42.5 Å². The van der Waals surface area contributed by atoms with Gasteiger partial charge >= 0.3 is 0 Å².